The van der Waals surface area contributed by atoms with Crippen LogP contribution in [0.1, 0.15) is 28.3 Å². The van der Waals surface area contributed by atoms with Gasteiger partial charge in [0.1, 0.15) is 9.84 Å². The van der Waals surface area contributed by atoms with Gasteiger partial charge in [-0.2, -0.15) is 0 Å². The summed E-state index contributed by atoms with van der Waals surface area (Å²) in [6.07, 6.45) is 1.27. The standard InChI is InChI=1S/C13H20BrNO2S/c1-8-6-9(2)13(14)10(3)12(8)11(15-4)7-18(5,16)17/h6,11,15H,7H2,1-5H3. The quantitative estimate of drug-likeness (QED) is 0.921. The molecular weight excluding hydrogens is 314 g/mol. The topological polar surface area (TPSA) is 46.2 Å². The van der Waals surface area contributed by atoms with E-state index < -0.39 is 9.84 Å². The first-order chi connectivity index (χ1) is 8.17. The summed E-state index contributed by atoms with van der Waals surface area (Å²) in [7, 11) is -1.22. The molecule has 0 aromatic heterocycles. The molecule has 1 rings (SSSR count). The first kappa shape index (κ1) is 15.7. The highest BCUT2D eigenvalue weighted by atomic mass is 79.9. The highest BCUT2D eigenvalue weighted by Gasteiger charge is 2.21. The lowest BCUT2D eigenvalue weighted by atomic mass is 9.95. The molecule has 0 amide bonds. The van der Waals surface area contributed by atoms with Crippen molar-refractivity contribution in [3.05, 3.63) is 32.8 Å². The zero-order valence-electron chi connectivity index (χ0n) is 11.5. The third-order valence-electron chi connectivity index (χ3n) is 3.10. The molecular formula is C13H20BrNO2S. The molecule has 3 nitrogen and oxygen atoms in total. The van der Waals surface area contributed by atoms with Crippen LogP contribution in [0, 0.1) is 20.8 Å². The van der Waals surface area contributed by atoms with Crippen LogP contribution in [0.15, 0.2) is 10.5 Å². The normalized spacial score (nSPS) is 13.7. The minimum atomic E-state index is -3.02. The van der Waals surface area contributed by atoms with E-state index in [-0.39, 0.29) is 11.8 Å². The molecule has 0 spiro atoms. The number of halogens is 1. The third kappa shape index (κ3) is 3.56. The van der Waals surface area contributed by atoms with Crippen LogP contribution in [0.4, 0.5) is 0 Å². The molecule has 0 radical (unpaired) electrons. The van der Waals surface area contributed by atoms with Gasteiger partial charge in [0, 0.05) is 16.8 Å². The van der Waals surface area contributed by atoms with Gasteiger partial charge in [-0.1, -0.05) is 22.0 Å². The van der Waals surface area contributed by atoms with E-state index in [1.54, 1.807) is 7.05 Å². The Hall–Kier alpha value is -0.390. The number of sulfone groups is 1. The minimum absolute atomic E-state index is 0.112. The van der Waals surface area contributed by atoms with Crippen LogP contribution in [-0.2, 0) is 9.84 Å². The molecule has 0 fully saturated rings. The number of aryl methyl sites for hydroxylation is 2. The van der Waals surface area contributed by atoms with Gasteiger partial charge in [0.15, 0.2) is 0 Å². The first-order valence-electron chi connectivity index (χ1n) is 5.78. The van der Waals surface area contributed by atoms with E-state index in [9.17, 15) is 8.42 Å². The largest absolute Gasteiger partial charge is 0.312 e. The summed E-state index contributed by atoms with van der Waals surface area (Å²) >= 11 is 3.56. The number of hydrogen-bond acceptors (Lipinski definition) is 3. The molecule has 0 bridgehead atoms. The molecule has 0 heterocycles. The van der Waals surface area contributed by atoms with Crippen LogP contribution in [-0.4, -0.2) is 27.5 Å². The van der Waals surface area contributed by atoms with Crippen LogP contribution < -0.4 is 5.32 Å². The highest BCUT2D eigenvalue weighted by Crippen LogP contribution is 2.31. The Balaban J connectivity index is 3.34. The van der Waals surface area contributed by atoms with Crippen LogP contribution in [0.25, 0.3) is 0 Å². The SMILES string of the molecule is CNC(CS(C)(=O)=O)c1c(C)cc(C)c(Br)c1C. The Kier molecular flexibility index (Phi) is 4.98. The van der Waals surface area contributed by atoms with Gasteiger partial charge < -0.3 is 5.32 Å². The number of nitrogens with one attached hydrogen (secondary N) is 1. The average molecular weight is 334 g/mol. The number of benzene rings is 1. The van der Waals surface area contributed by atoms with Crippen molar-refractivity contribution in [2.24, 2.45) is 0 Å². The van der Waals surface area contributed by atoms with E-state index in [4.69, 9.17) is 0 Å². The van der Waals surface area contributed by atoms with Gasteiger partial charge in [-0.05, 0) is 50.1 Å². The molecule has 0 saturated heterocycles. The fourth-order valence-electron chi connectivity index (χ4n) is 2.33. The first-order valence-corrected chi connectivity index (χ1v) is 8.64. The van der Waals surface area contributed by atoms with Crippen molar-refractivity contribution in [1.82, 2.24) is 5.32 Å². The fraction of sp³-hybridized carbons (Fsp3) is 0.538. The predicted octanol–water partition coefficient (Wildman–Crippen LogP) is 2.68. The lowest BCUT2D eigenvalue weighted by molar-refractivity contribution is 0.577. The lowest BCUT2D eigenvalue weighted by Gasteiger charge is -2.22. The Morgan fingerprint density at radius 2 is 1.83 bits per heavy atom. The number of rotatable bonds is 4. The van der Waals surface area contributed by atoms with Crippen molar-refractivity contribution in [2.75, 3.05) is 19.1 Å². The molecule has 18 heavy (non-hydrogen) atoms. The van der Waals surface area contributed by atoms with E-state index in [1.807, 2.05) is 20.8 Å². The molecule has 5 heteroatoms. The van der Waals surface area contributed by atoms with Crippen molar-refractivity contribution < 1.29 is 8.42 Å². The Morgan fingerprint density at radius 3 is 2.28 bits per heavy atom. The van der Waals surface area contributed by atoms with E-state index in [0.717, 1.165) is 21.2 Å². The molecule has 0 saturated carbocycles. The Bertz CT molecular complexity index is 553. The molecule has 1 aromatic carbocycles. The lowest BCUT2D eigenvalue weighted by Crippen LogP contribution is -2.26. The van der Waals surface area contributed by atoms with Crippen LogP contribution in [0.5, 0.6) is 0 Å². The Morgan fingerprint density at radius 1 is 1.28 bits per heavy atom. The molecule has 1 atom stereocenters. The summed E-state index contributed by atoms with van der Waals surface area (Å²) in [5.41, 5.74) is 4.47. The van der Waals surface area contributed by atoms with Crippen LogP contribution in [0.3, 0.4) is 0 Å². The van der Waals surface area contributed by atoms with E-state index in [1.165, 1.54) is 11.8 Å². The monoisotopic (exact) mass is 333 g/mol. The van der Waals surface area contributed by atoms with Crippen molar-refractivity contribution in [1.29, 1.82) is 0 Å². The van der Waals surface area contributed by atoms with Gasteiger partial charge in [-0.3, -0.25) is 0 Å². The van der Waals surface area contributed by atoms with Gasteiger partial charge in [-0.15, -0.1) is 0 Å². The fourth-order valence-corrected chi connectivity index (χ4v) is 3.59. The van der Waals surface area contributed by atoms with Crippen molar-refractivity contribution in [2.45, 2.75) is 26.8 Å². The van der Waals surface area contributed by atoms with Gasteiger partial charge in [0.05, 0.1) is 5.75 Å². The zero-order valence-corrected chi connectivity index (χ0v) is 13.9. The number of hydrogen-bond donors (Lipinski definition) is 1. The highest BCUT2D eigenvalue weighted by molar-refractivity contribution is 9.10. The second kappa shape index (κ2) is 5.72. The zero-order chi connectivity index (χ0) is 14.1. The van der Waals surface area contributed by atoms with Crippen molar-refractivity contribution in [3.8, 4) is 0 Å². The molecule has 1 aromatic rings. The Labute approximate surface area is 118 Å². The minimum Gasteiger partial charge on any atom is -0.312 e. The third-order valence-corrected chi connectivity index (χ3v) is 5.26. The second-order valence-electron chi connectivity index (χ2n) is 4.80. The summed E-state index contributed by atoms with van der Waals surface area (Å²) in [5.74, 6) is 0.112. The van der Waals surface area contributed by atoms with E-state index in [2.05, 4.69) is 27.3 Å². The molecule has 1 unspecified atom stereocenters. The van der Waals surface area contributed by atoms with E-state index >= 15 is 0 Å². The summed E-state index contributed by atoms with van der Waals surface area (Å²) < 4.78 is 24.0. The average Bonchev–Trinajstić information content (AvgIpc) is 2.23. The maximum atomic E-state index is 11.5. The molecule has 1 N–H and O–H groups in total. The van der Waals surface area contributed by atoms with Gasteiger partial charge in [0.25, 0.3) is 0 Å². The van der Waals surface area contributed by atoms with Gasteiger partial charge >= 0.3 is 0 Å². The summed E-state index contributed by atoms with van der Waals surface area (Å²) in [5, 5.41) is 3.10. The van der Waals surface area contributed by atoms with Crippen molar-refractivity contribution in [3.63, 3.8) is 0 Å². The van der Waals surface area contributed by atoms with Crippen molar-refractivity contribution >= 4 is 25.8 Å². The maximum Gasteiger partial charge on any atom is 0.149 e. The van der Waals surface area contributed by atoms with Crippen LogP contribution in [0.2, 0.25) is 0 Å². The van der Waals surface area contributed by atoms with E-state index in [0.29, 0.717) is 0 Å². The smallest absolute Gasteiger partial charge is 0.149 e. The molecule has 0 aliphatic rings. The van der Waals surface area contributed by atoms with Crippen LogP contribution >= 0.6 is 15.9 Å². The molecule has 0 aliphatic heterocycles. The van der Waals surface area contributed by atoms with Gasteiger partial charge in [0.2, 0.25) is 0 Å². The molecule has 102 valence electrons. The summed E-state index contributed by atoms with van der Waals surface area (Å²) in [6, 6.07) is 1.91. The summed E-state index contributed by atoms with van der Waals surface area (Å²) in [6.45, 7) is 6.08. The van der Waals surface area contributed by atoms with Gasteiger partial charge in [-0.25, -0.2) is 8.42 Å². The second-order valence-corrected chi connectivity index (χ2v) is 7.77. The predicted molar refractivity (Wildman–Crippen MR) is 79.9 cm³/mol. The molecule has 0 aliphatic carbocycles. The summed E-state index contributed by atoms with van der Waals surface area (Å²) in [4.78, 5) is 0. The maximum absolute atomic E-state index is 11.5.